The first-order valence-corrected chi connectivity index (χ1v) is 9.04. The largest absolute Gasteiger partial charge is 0.347 e. The number of carbonyl (C=O) groups excluding carboxylic acids is 1. The number of hydrogen-bond acceptors (Lipinski definition) is 4. The van der Waals surface area contributed by atoms with Crippen LogP contribution in [-0.2, 0) is 16.0 Å². The molecule has 5 heteroatoms. The maximum absolute atomic E-state index is 13.9. The molecular weight excluding hydrogens is 333 g/mol. The number of ketones is 1. The summed E-state index contributed by atoms with van der Waals surface area (Å²) < 4.78 is 25.4. The summed E-state index contributed by atoms with van der Waals surface area (Å²) in [6.07, 6.45) is 1.72. The van der Waals surface area contributed by atoms with Gasteiger partial charge in [0.1, 0.15) is 5.82 Å². The van der Waals surface area contributed by atoms with Crippen LogP contribution >= 0.6 is 0 Å². The lowest BCUT2D eigenvalue weighted by Crippen LogP contribution is -2.44. The highest BCUT2D eigenvalue weighted by molar-refractivity contribution is 6.09. The Balaban J connectivity index is 1.43. The monoisotopic (exact) mass is 355 g/mol. The summed E-state index contributed by atoms with van der Waals surface area (Å²) in [4.78, 5) is 14.9. The Morgan fingerprint density at radius 2 is 1.77 bits per heavy atom. The molecule has 0 N–H and O–H groups in total. The number of halogens is 1. The first kappa shape index (κ1) is 17.3. The van der Waals surface area contributed by atoms with Crippen LogP contribution in [-0.4, -0.2) is 42.8 Å². The molecule has 0 atom stereocenters. The van der Waals surface area contributed by atoms with Gasteiger partial charge < -0.3 is 9.47 Å². The summed E-state index contributed by atoms with van der Waals surface area (Å²) in [6.45, 7) is 3.91. The number of likely N-dealkylation sites (tertiary alicyclic amines) is 1. The highest BCUT2D eigenvalue weighted by Gasteiger charge is 2.39. The maximum Gasteiger partial charge on any atom is 0.195 e. The van der Waals surface area contributed by atoms with Gasteiger partial charge in [-0.3, -0.25) is 9.69 Å². The van der Waals surface area contributed by atoms with Crippen molar-refractivity contribution in [1.82, 2.24) is 4.90 Å². The molecule has 136 valence electrons. The van der Waals surface area contributed by atoms with Gasteiger partial charge in [-0.2, -0.15) is 0 Å². The Hall–Kier alpha value is -2.08. The van der Waals surface area contributed by atoms with E-state index in [1.165, 1.54) is 12.1 Å². The van der Waals surface area contributed by atoms with E-state index >= 15 is 0 Å². The van der Waals surface area contributed by atoms with Gasteiger partial charge in [0.15, 0.2) is 11.6 Å². The molecule has 2 aromatic rings. The summed E-state index contributed by atoms with van der Waals surface area (Å²) in [5, 5.41) is 0. The second-order valence-corrected chi connectivity index (χ2v) is 6.89. The van der Waals surface area contributed by atoms with E-state index in [1.54, 1.807) is 18.2 Å². The van der Waals surface area contributed by atoms with Crippen molar-refractivity contribution in [2.45, 2.75) is 25.2 Å². The third-order valence-electron chi connectivity index (χ3n) is 5.15. The van der Waals surface area contributed by atoms with E-state index in [0.717, 1.165) is 38.0 Å². The van der Waals surface area contributed by atoms with Gasteiger partial charge in [0, 0.05) is 38.0 Å². The summed E-state index contributed by atoms with van der Waals surface area (Å²) in [5.41, 5.74) is 1.68. The van der Waals surface area contributed by atoms with Crippen molar-refractivity contribution in [3.8, 4) is 0 Å². The molecule has 2 aliphatic heterocycles. The van der Waals surface area contributed by atoms with Crippen molar-refractivity contribution >= 4 is 5.78 Å². The second kappa shape index (κ2) is 7.27. The average molecular weight is 355 g/mol. The van der Waals surface area contributed by atoms with Crippen molar-refractivity contribution in [2.24, 2.45) is 0 Å². The number of nitrogens with zero attached hydrogens (tertiary/aromatic N) is 1. The molecule has 2 fully saturated rings. The lowest BCUT2D eigenvalue weighted by Gasteiger charge is -2.37. The van der Waals surface area contributed by atoms with E-state index in [4.69, 9.17) is 9.47 Å². The highest BCUT2D eigenvalue weighted by atomic mass is 19.1. The van der Waals surface area contributed by atoms with Gasteiger partial charge in [-0.05, 0) is 23.8 Å². The van der Waals surface area contributed by atoms with E-state index < -0.39 is 5.82 Å². The van der Waals surface area contributed by atoms with Gasteiger partial charge in [-0.1, -0.05) is 30.3 Å². The van der Waals surface area contributed by atoms with Crippen LogP contribution in [0.4, 0.5) is 4.39 Å². The normalized spacial score (nSPS) is 19.7. The topological polar surface area (TPSA) is 38.8 Å². The van der Waals surface area contributed by atoms with Crippen LogP contribution in [0.2, 0.25) is 0 Å². The number of rotatable bonds is 4. The minimum absolute atomic E-state index is 0.111. The fraction of sp³-hybridized carbons (Fsp3) is 0.381. The Morgan fingerprint density at radius 1 is 1.04 bits per heavy atom. The van der Waals surface area contributed by atoms with Gasteiger partial charge in [0.25, 0.3) is 0 Å². The van der Waals surface area contributed by atoms with Crippen molar-refractivity contribution in [2.75, 3.05) is 26.3 Å². The Labute approximate surface area is 152 Å². The molecule has 0 unspecified atom stereocenters. The van der Waals surface area contributed by atoms with Gasteiger partial charge in [0.05, 0.1) is 18.8 Å². The molecule has 26 heavy (non-hydrogen) atoms. The zero-order chi connectivity index (χ0) is 18.0. The Kier molecular flexibility index (Phi) is 4.85. The molecule has 0 aromatic heterocycles. The fourth-order valence-electron chi connectivity index (χ4n) is 3.71. The van der Waals surface area contributed by atoms with Crippen molar-refractivity contribution in [3.05, 3.63) is 71.0 Å². The molecule has 0 saturated carbocycles. The third-order valence-corrected chi connectivity index (χ3v) is 5.15. The predicted octanol–water partition coefficient (Wildman–Crippen LogP) is 3.40. The van der Waals surface area contributed by atoms with Crippen LogP contribution in [0.15, 0.2) is 48.5 Å². The SMILES string of the molecule is O=C(c1cccc(CN2CCC3(CC2)OCCO3)c1)c1ccccc1F. The van der Waals surface area contributed by atoms with Crippen LogP contribution in [0.25, 0.3) is 0 Å². The van der Waals surface area contributed by atoms with E-state index in [9.17, 15) is 9.18 Å². The quantitative estimate of drug-likeness (QED) is 0.788. The lowest BCUT2D eigenvalue weighted by atomic mass is 9.99. The number of piperidine rings is 1. The first-order valence-electron chi connectivity index (χ1n) is 9.04. The molecule has 2 aromatic carbocycles. The van der Waals surface area contributed by atoms with Crippen molar-refractivity contribution in [1.29, 1.82) is 0 Å². The van der Waals surface area contributed by atoms with Crippen molar-refractivity contribution < 1.29 is 18.7 Å². The Bertz CT molecular complexity index is 791. The zero-order valence-electron chi connectivity index (χ0n) is 14.6. The number of hydrogen-bond donors (Lipinski definition) is 0. The minimum Gasteiger partial charge on any atom is -0.347 e. The standard InChI is InChI=1S/C21H22FNO3/c22-19-7-2-1-6-18(19)20(24)17-5-3-4-16(14-17)15-23-10-8-21(9-11-23)25-12-13-26-21/h1-7,14H,8-13,15H2. The third kappa shape index (κ3) is 3.56. The van der Waals surface area contributed by atoms with Crippen LogP contribution in [0.5, 0.6) is 0 Å². The van der Waals surface area contributed by atoms with E-state index in [1.807, 2.05) is 18.2 Å². The van der Waals surface area contributed by atoms with Gasteiger partial charge >= 0.3 is 0 Å². The molecule has 2 saturated heterocycles. The molecule has 4 nitrogen and oxygen atoms in total. The number of carbonyl (C=O) groups is 1. The van der Waals surface area contributed by atoms with E-state index in [-0.39, 0.29) is 17.1 Å². The lowest BCUT2D eigenvalue weighted by molar-refractivity contribution is -0.185. The maximum atomic E-state index is 13.9. The molecule has 1 spiro atoms. The van der Waals surface area contributed by atoms with Crippen LogP contribution in [0.3, 0.4) is 0 Å². The molecule has 0 bridgehead atoms. The van der Waals surface area contributed by atoms with Crippen LogP contribution in [0, 0.1) is 5.82 Å². The average Bonchev–Trinajstić information content (AvgIpc) is 3.12. The second-order valence-electron chi connectivity index (χ2n) is 6.89. The molecular formula is C21H22FNO3. The van der Waals surface area contributed by atoms with Crippen LogP contribution < -0.4 is 0 Å². The molecule has 0 radical (unpaired) electrons. The van der Waals surface area contributed by atoms with E-state index in [2.05, 4.69) is 4.90 Å². The summed E-state index contributed by atoms with van der Waals surface area (Å²) in [6, 6.07) is 13.6. The summed E-state index contributed by atoms with van der Waals surface area (Å²) in [5.74, 6) is -1.14. The molecule has 0 amide bonds. The molecule has 0 aliphatic carbocycles. The smallest absolute Gasteiger partial charge is 0.195 e. The molecule has 4 rings (SSSR count). The predicted molar refractivity (Wildman–Crippen MR) is 95.4 cm³/mol. The van der Waals surface area contributed by atoms with Gasteiger partial charge in [-0.15, -0.1) is 0 Å². The number of benzene rings is 2. The van der Waals surface area contributed by atoms with Gasteiger partial charge in [-0.25, -0.2) is 4.39 Å². The minimum atomic E-state index is -0.485. The molecule has 2 heterocycles. The number of ether oxygens (including phenoxy) is 2. The summed E-state index contributed by atoms with van der Waals surface area (Å²) >= 11 is 0. The first-order chi connectivity index (χ1) is 12.7. The van der Waals surface area contributed by atoms with Crippen molar-refractivity contribution in [3.63, 3.8) is 0 Å². The summed E-state index contributed by atoms with van der Waals surface area (Å²) in [7, 11) is 0. The molecule has 2 aliphatic rings. The van der Waals surface area contributed by atoms with Gasteiger partial charge in [0.2, 0.25) is 0 Å². The highest BCUT2D eigenvalue weighted by Crippen LogP contribution is 2.31. The Morgan fingerprint density at radius 3 is 2.50 bits per heavy atom. The zero-order valence-corrected chi connectivity index (χ0v) is 14.6. The van der Waals surface area contributed by atoms with E-state index in [0.29, 0.717) is 18.8 Å². The van der Waals surface area contributed by atoms with Crippen LogP contribution in [0.1, 0.15) is 34.3 Å². The fourth-order valence-corrected chi connectivity index (χ4v) is 3.71.